The van der Waals surface area contributed by atoms with Crippen molar-refractivity contribution in [1.82, 2.24) is 4.90 Å². The Kier molecular flexibility index (Phi) is 8.43. The van der Waals surface area contributed by atoms with Crippen LogP contribution >= 0.6 is 35.0 Å². The normalized spacial score (nSPS) is 14.3. The molecule has 1 aliphatic rings. The summed E-state index contributed by atoms with van der Waals surface area (Å²) in [5.74, 6) is 0.00493. The molecule has 3 aromatic carbocycles. The van der Waals surface area contributed by atoms with Gasteiger partial charge < -0.3 is 14.2 Å². The highest BCUT2D eigenvalue weighted by atomic mass is 35.5. The number of imide groups is 1. The molecule has 10 heteroatoms. The van der Waals surface area contributed by atoms with E-state index >= 15 is 0 Å². The zero-order valence-electron chi connectivity index (χ0n) is 19.8. The van der Waals surface area contributed by atoms with Crippen molar-refractivity contribution in [1.29, 1.82) is 0 Å². The summed E-state index contributed by atoms with van der Waals surface area (Å²) in [4.78, 5) is 39.2. The Morgan fingerprint density at radius 3 is 2.46 bits per heavy atom. The highest BCUT2D eigenvalue weighted by Crippen LogP contribution is 2.35. The van der Waals surface area contributed by atoms with Crippen molar-refractivity contribution in [2.45, 2.75) is 6.92 Å². The third kappa shape index (κ3) is 6.46. The van der Waals surface area contributed by atoms with Gasteiger partial charge in [-0.2, -0.15) is 0 Å². The molecule has 7 nitrogen and oxygen atoms in total. The van der Waals surface area contributed by atoms with Crippen LogP contribution < -0.4 is 14.2 Å². The van der Waals surface area contributed by atoms with Crippen molar-refractivity contribution in [2.24, 2.45) is 0 Å². The Morgan fingerprint density at radius 1 is 1.00 bits per heavy atom. The first-order chi connectivity index (χ1) is 17.7. The molecule has 1 saturated heterocycles. The Hall–Kier alpha value is -3.46. The number of halogens is 2. The van der Waals surface area contributed by atoms with E-state index < -0.39 is 11.9 Å². The van der Waals surface area contributed by atoms with Gasteiger partial charge in [-0.05, 0) is 72.8 Å². The lowest BCUT2D eigenvalue weighted by molar-refractivity contribution is -0.123. The molecule has 0 aromatic heterocycles. The summed E-state index contributed by atoms with van der Waals surface area (Å²) in [7, 11) is 1.42. The number of ether oxygens (including phenoxy) is 3. The lowest BCUT2D eigenvalue weighted by Crippen LogP contribution is -2.32. The number of nitrogens with zero attached hydrogens (tertiary/aromatic N) is 1. The van der Waals surface area contributed by atoms with Gasteiger partial charge in [-0.15, -0.1) is 0 Å². The number of benzene rings is 3. The minimum absolute atomic E-state index is 0.126. The van der Waals surface area contributed by atoms with E-state index in [9.17, 15) is 14.4 Å². The molecule has 0 atom stereocenters. The van der Waals surface area contributed by atoms with E-state index in [1.165, 1.54) is 31.4 Å². The third-order valence-electron chi connectivity index (χ3n) is 5.32. The summed E-state index contributed by atoms with van der Waals surface area (Å²) in [5.41, 5.74) is 1.84. The fourth-order valence-corrected chi connectivity index (χ4v) is 4.75. The first-order valence-electron chi connectivity index (χ1n) is 11.1. The summed E-state index contributed by atoms with van der Waals surface area (Å²) in [5, 5.41) is 0.181. The van der Waals surface area contributed by atoms with Crippen molar-refractivity contribution >= 4 is 58.2 Å². The number of aryl methyl sites for hydroxylation is 1. The van der Waals surface area contributed by atoms with E-state index in [0.29, 0.717) is 16.3 Å². The fourth-order valence-electron chi connectivity index (χ4n) is 3.40. The molecule has 37 heavy (non-hydrogen) atoms. The molecular formula is C27H21Cl2NO6S. The third-order valence-corrected chi connectivity index (χ3v) is 6.77. The van der Waals surface area contributed by atoms with Gasteiger partial charge in [0.1, 0.15) is 12.4 Å². The zero-order chi connectivity index (χ0) is 26.5. The summed E-state index contributed by atoms with van der Waals surface area (Å²) in [6, 6.07) is 16.7. The predicted molar refractivity (Wildman–Crippen MR) is 144 cm³/mol. The van der Waals surface area contributed by atoms with Gasteiger partial charge >= 0.3 is 5.97 Å². The quantitative estimate of drug-likeness (QED) is 0.174. The van der Waals surface area contributed by atoms with Crippen molar-refractivity contribution in [3.05, 3.63) is 92.3 Å². The summed E-state index contributed by atoms with van der Waals surface area (Å²) >= 11 is 12.8. The number of hydrogen-bond donors (Lipinski definition) is 0. The summed E-state index contributed by atoms with van der Waals surface area (Å²) < 4.78 is 16.5. The van der Waals surface area contributed by atoms with Crippen molar-refractivity contribution in [3.8, 4) is 17.2 Å². The molecule has 0 bridgehead atoms. The topological polar surface area (TPSA) is 82.1 Å². The second-order valence-corrected chi connectivity index (χ2v) is 9.76. The van der Waals surface area contributed by atoms with Gasteiger partial charge in [-0.3, -0.25) is 14.5 Å². The predicted octanol–water partition coefficient (Wildman–Crippen LogP) is 6.64. The summed E-state index contributed by atoms with van der Waals surface area (Å²) in [6.07, 6.45) is 1.58. The SMILES string of the molecule is COc1cc(/C=C2\SC(=O)N(CCOc3ccc(C)cc3)C2=O)ccc1OC(=O)c1ccc(Cl)cc1Cl. The highest BCUT2D eigenvalue weighted by molar-refractivity contribution is 8.18. The van der Waals surface area contributed by atoms with Crippen LogP contribution in [0.5, 0.6) is 17.2 Å². The largest absolute Gasteiger partial charge is 0.493 e. The number of carbonyl (C=O) groups is 3. The summed E-state index contributed by atoms with van der Waals surface area (Å²) in [6.45, 7) is 2.28. The molecule has 0 unspecified atom stereocenters. The van der Waals surface area contributed by atoms with E-state index in [1.54, 1.807) is 18.2 Å². The van der Waals surface area contributed by atoms with Crippen LogP contribution in [-0.4, -0.2) is 42.3 Å². The molecule has 190 valence electrons. The lowest BCUT2D eigenvalue weighted by Gasteiger charge is -2.13. The van der Waals surface area contributed by atoms with E-state index in [4.69, 9.17) is 37.4 Å². The van der Waals surface area contributed by atoms with Gasteiger partial charge in [0.25, 0.3) is 11.1 Å². The highest BCUT2D eigenvalue weighted by Gasteiger charge is 2.34. The first kappa shape index (κ1) is 26.6. The molecular weight excluding hydrogens is 537 g/mol. The molecule has 0 radical (unpaired) electrons. The van der Waals surface area contributed by atoms with Crippen molar-refractivity contribution in [2.75, 3.05) is 20.3 Å². The smallest absolute Gasteiger partial charge is 0.345 e. The lowest BCUT2D eigenvalue weighted by atomic mass is 10.1. The monoisotopic (exact) mass is 557 g/mol. The number of thioether (sulfide) groups is 1. The van der Waals surface area contributed by atoms with Crippen LogP contribution in [0.4, 0.5) is 4.79 Å². The molecule has 4 rings (SSSR count). The number of methoxy groups -OCH3 is 1. The van der Waals surface area contributed by atoms with Crippen LogP contribution in [0.3, 0.4) is 0 Å². The molecule has 1 fully saturated rings. The Bertz CT molecular complexity index is 1390. The molecule has 0 N–H and O–H groups in total. The van der Waals surface area contributed by atoms with Crippen LogP contribution in [0.1, 0.15) is 21.5 Å². The van der Waals surface area contributed by atoms with Crippen LogP contribution in [0.15, 0.2) is 65.6 Å². The van der Waals surface area contributed by atoms with Gasteiger partial charge in [0.05, 0.1) is 29.1 Å². The molecule has 1 aliphatic heterocycles. The molecule has 0 aliphatic carbocycles. The van der Waals surface area contributed by atoms with E-state index in [0.717, 1.165) is 22.2 Å². The van der Waals surface area contributed by atoms with Gasteiger partial charge in [0.2, 0.25) is 0 Å². The molecule has 3 aromatic rings. The molecule has 0 spiro atoms. The Balaban J connectivity index is 1.43. The van der Waals surface area contributed by atoms with Crippen LogP contribution in [0.2, 0.25) is 10.0 Å². The van der Waals surface area contributed by atoms with Gasteiger partial charge in [-0.1, -0.05) is 47.0 Å². The van der Waals surface area contributed by atoms with Crippen LogP contribution in [0.25, 0.3) is 6.08 Å². The standard InChI is InChI=1S/C27H21Cl2NO6S/c1-16-3-7-19(8-4-16)35-12-11-30-25(31)24(37-27(30)33)14-17-5-10-22(23(13-17)34-2)36-26(32)20-9-6-18(28)15-21(20)29/h3-10,13-15H,11-12H2,1-2H3/b24-14-. The molecule has 1 heterocycles. The van der Waals surface area contributed by atoms with Gasteiger partial charge in [0, 0.05) is 5.02 Å². The van der Waals surface area contributed by atoms with Gasteiger partial charge in [-0.25, -0.2) is 4.79 Å². The minimum atomic E-state index is -0.679. The maximum atomic E-state index is 12.8. The Morgan fingerprint density at radius 2 is 1.76 bits per heavy atom. The number of amides is 2. The average molecular weight is 558 g/mol. The first-order valence-corrected chi connectivity index (χ1v) is 12.6. The second-order valence-electron chi connectivity index (χ2n) is 7.92. The second kappa shape index (κ2) is 11.7. The zero-order valence-corrected chi connectivity index (χ0v) is 22.2. The average Bonchev–Trinajstić information content (AvgIpc) is 3.13. The number of carbonyl (C=O) groups excluding carboxylic acids is 3. The molecule has 2 amide bonds. The number of hydrogen-bond acceptors (Lipinski definition) is 7. The van der Waals surface area contributed by atoms with Crippen molar-refractivity contribution < 1.29 is 28.6 Å². The van der Waals surface area contributed by atoms with E-state index in [2.05, 4.69) is 0 Å². The fraction of sp³-hybridized carbons (Fsp3) is 0.148. The van der Waals surface area contributed by atoms with Crippen molar-refractivity contribution in [3.63, 3.8) is 0 Å². The minimum Gasteiger partial charge on any atom is -0.493 e. The Labute approximate surface area is 227 Å². The number of esters is 1. The van der Waals surface area contributed by atoms with E-state index in [-0.39, 0.29) is 45.4 Å². The van der Waals surface area contributed by atoms with Crippen LogP contribution in [-0.2, 0) is 4.79 Å². The van der Waals surface area contributed by atoms with E-state index in [1.807, 2.05) is 31.2 Å². The molecule has 0 saturated carbocycles. The maximum Gasteiger partial charge on any atom is 0.345 e. The van der Waals surface area contributed by atoms with Gasteiger partial charge in [0.15, 0.2) is 11.5 Å². The van der Waals surface area contributed by atoms with Crippen LogP contribution in [0, 0.1) is 6.92 Å². The maximum absolute atomic E-state index is 12.8. The number of rotatable bonds is 8.